The molecule has 0 aliphatic carbocycles. The lowest BCUT2D eigenvalue weighted by Gasteiger charge is -2.04. The van der Waals surface area contributed by atoms with Gasteiger partial charge in [0.1, 0.15) is 0 Å². The first-order chi connectivity index (χ1) is 9.24. The zero-order valence-electron chi connectivity index (χ0n) is 10.1. The first kappa shape index (κ1) is 12.4. The topological polar surface area (TPSA) is 51.4 Å². The van der Waals surface area contributed by atoms with Crippen molar-refractivity contribution in [1.29, 1.82) is 0 Å². The number of hydrogen-bond donors (Lipinski definition) is 1. The summed E-state index contributed by atoms with van der Waals surface area (Å²) in [5, 5.41) is 8.42. The molecule has 98 valence electrons. The Labute approximate surface area is 119 Å². The number of benzene rings is 1. The maximum absolute atomic E-state index is 5.97. The van der Waals surface area contributed by atoms with Crippen LogP contribution in [0.1, 0.15) is 6.42 Å². The van der Waals surface area contributed by atoms with E-state index in [2.05, 4.69) is 19.9 Å². The van der Waals surface area contributed by atoms with Crippen LogP contribution in [0.15, 0.2) is 30.6 Å². The number of H-pyrrole nitrogens is 1. The molecule has 0 amide bonds. The standard InChI is InChI=1S/C12H12ClN5S/c13-9-2-3-11-10(8-9)15-12(19)18(11)6-1-5-17-7-4-14-16-17/h2-4,7-8H,1,5-6H2,(H,15,19). The molecule has 0 radical (unpaired) electrons. The molecule has 0 saturated heterocycles. The molecule has 0 spiro atoms. The molecule has 3 rings (SSSR count). The molecule has 1 aromatic carbocycles. The van der Waals surface area contributed by atoms with Crippen molar-refractivity contribution in [1.82, 2.24) is 24.5 Å². The first-order valence-corrected chi connectivity index (χ1v) is 6.75. The Morgan fingerprint density at radius 3 is 3.00 bits per heavy atom. The number of nitrogens with one attached hydrogen (secondary N) is 1. The van der Waals surface area contributed by atoms with Gasteiger partial charge in [-0.15, -0.1) is 5.10 Å². The van der Waals surface area contributed by atoms with Gasteiger partial charge in [0.05, 0.1) is 17.2 Å². The van der Waals surface area contributed by atoms with Crippen LogP contribution < -0.4 is 0 Å². The molecule has 1 N–H and O–H groups in total. The van der Waals surface area contributed by atoms with Crippen molar-refractivity contribution in [3.05, 3.63) is 40.4 Å². The van der Waals surface area contributed by atoms with Crippen molar-refractivity contribution in [3.8, 4) is 0 Å². The van der Waals surface area contributed by atoms with Gasteiger partial charge >= 0.3 is 0 Å². The highest BCUT2D eigenvalue weighted by atomic mass is 35.5. The Hall–Kier alpha value is -1.66. The average molecular weight is 294 g/mol. The summed E-state index contributed by atoms with van der Waals surface area (Å²) in [5.41, 5.74) is 2.05. The van der Waals surface area contributed by atoms with E-state index < -0.39 is 0 Å². The summed E-state index contributed by atoms with van der Waals surface area (Å²) in [6.07, 6.45) is 4.47. The average Bonchev–Trinajstić information content (AvgIpc) is 2.98. The zero-order chi connectivity index (χ0) is 13.2. The van der Waals surface area contributed by atoms with Gasteiger partial charge in [-0.25, -0.2) is 0 Å². The van der Waals surface area contributed by atoms with Gasteiger partial charge in [-0.1, -0.05) is 16.8 Å². The molecule has 0 saturated carbocycles. The second-order valence-corrected chi connectivity index (χ2v) is 5.09. The van der Waals surface area contributed by atoms with Crippen LogP contribution in [0.3, 0.4) is 0 Å². The van der Waals surface area contributed by atoms with Gasteiger partial charge < -0.3 is 9.55 Å². The van der Waals surface area contributed by atoms with E-state index in [1.165, 1.54) is 0 Å². The number of nitrogens with zero attached hydrogens (tertiary/aromatic N) is 4. The van der Waals surface area contributed by atoms with Crippen LogP contribution in [-0.4, -0.2) is 24.5 Å². The number of aryl methyl sites for hydroxylation is 2. The fourth-order valence-electron chi connectivity index (χ4n) is 2.10. The zero-order valence-corrected chi connectivity index (χ0v) is 11.7. The van der Waals surface area contributed by atoms with E-state index in [-0.39, 0.29) is 0 Å². The maximum atomic E-state index is 5.97. The highest BCUT2D eigenvalue weighted by Gasteiger charge is 2.04. The Bertz CT molecular complexity index is 743. The molecule has 0 unspecified atom stereocenters. The van der Waals surface area contributed by atoms with Gasteiger partial charge in [-0.05, 0) is 36.8 Å². The Kier molecular flexibility index (Phi) is 3.35. The predicted octanol–water partition coefficient (Wildman–Crippen LogP) is 3.03. The molecule has 0 atom stereocenters. The highest BCUT2D eigenvalue weighted by molar-refractivity contribution is 7.71. The monoisotopic (exact) mass is 293 g/mol. The van der Waals surface area contributed by atoms with E-state index in [0.717, 1.165) is 35.3 Å². The van der Waals surface area contributed by atoms with Gasteiger partial charge in [0.15, 0.2) is 4.77 Å². The van der Waals surface area contributed by atoms with Crippen LogP contribution in [0.4, 0.5) is 0 Å². The molecule has 7 heteroatoms. The largest absolute Gasteiger partial charge is 0.331 e. The summed E-state index contributed by atoms with van der Waals surface area (Å²) in [6, 6.07) is 5.75. The molecular weight excluding hydrogens is 282 g/mol. The van der Waals surface area contributed by atoms with E-state index in [1.807, 2.05) is 29.1 Å². The van der Waals surface area contributed by atoms with Crippen molar-refractivity contribution >= 4 is 34.9 Å². The second-order valence-electron chi connectivity index (χ2n) is 4.26. The molecule has 0 aliphatic rings. The predicted molar refractivity (Wildman–Crippen MR) is 76.8 cm³/mol. The summed E-state index contributed by atoms with van der Waals surface area (Å²) in [4.78, 5) is 3.17. The van der Waals surface area contributed by atoms with Crippen molar-refractivity contribution < 1.29 is 0 Å². The number of fused-ring (bicyclic) bond motifs is 1. The summed E-state index contributed by atoms with van der Waals surface area (Å²) in [7, 11) is 0. The van der Waals surface area contributed by atoms with Crippen LogP contribution in [-0.2, 0) is 13.1 Å². The Morgan fingerprint density at radius 1 is 1.32 bits per heavy atom. The first-order valence-electron chi connectivity index (χ1n) is 5.96. The highest BCUT2D eigenvalue weighted by Crippen LogP contribution is 2.19. The molecule has 2 heterocycles. The number of aromatic nitrogens is 5. The molecule has 19 heavy (non-hydrogen) atoms. The summed E-state index contributed by atoms with van der Waals surface area (Å²) >= 11 is 11.3. The Morgan fingerprint density at radius 2 is 2.21 bits per heavy atom. The molecule has 0 bridgehead atoms. The lowest BCUT2D eigenvalue weighted by Crippen LogP contribution is -2.04. The van der Waals surface area contributed by atoms with Crippen molar-refractivity contribution in [2.24, 2.45) is 0 Å². The van der Waals surface area contributed by atoms with Crippen LogP contribution in [0.2, 0.25) is 5.02 Å². The summed E-state index contributed by atoms with van der Waals surface area (Å²) in [6.45, 7) is 1.66. The number of imidazole rings is 1. The van der Waals surface area contributed by atoms with Crippen LogP contribution in [0, 0.1) is 4.77 Å². The third-order valence-corrected chi connectivity index (χ3v) is 3.53. The fourth-order valence-corrected chi connectivity index (χ4v) is 2.57. The van der Waals surface area contributed by atoms with E-state index in [1.54, 1.807) is 6.20 Å². The molecule has 0 fully saturated rings. The molecule has 2 aromatic heterocycles. The van der Waals surface area contributed by atoms with Gasteiger partial charge in [0.2, 0.25) is 0 Å². The van der Waals surface area contributed by atoms with Gasteiger partial charge in [0, 0.05) is 24.3 Å². The van der Waals surface area contributed by atoms with Crippen molar-refractivity contribution in [2.75, 3.05) is 0 Å². The molecular formula is C12H12ClN5S. The Balaban J connectivity index is 1.80. The van der Waals surface area contributed by atoms with Crippen LogP contribution >= 0.6 is 23.8 Å². The minimum atomic E-state index is 0.707. The minimum Gasteiger partial charge on any atom is -0.331 e. The summed E-state index contributed by atoms with van der Waals surface area (Å²) < 4.78 is 4.61. The number of aromatic amines is 1. The van der Waals surface area contributed by atoms with Crippen LogP contribution in [0.25, 0.3) is 11.0 Å². The second kappa shape index (κ2) is 5.14. The minimum absolute atomic E-state index is 0.707. The van der Waals surface area contributed by atoms with Crippen molar-refractivity contribution in [3.63, 3.8) is 0 Å². The van der Waals surface area contributed by atoms with E-state index >= 15 is 0 Å². The van der Waals surface area contributed by atoms with Gasteiger partial charge in [0.25, 0.3) is 0 Å². The molecule has 5 nitrogen and oxygen atoms in total. The number of rotatable bonds is 4. The van der Waals surface area contributed by atoms with Gasteiger partial charge in [-0.3, -0.25) is 4.68 Å². The van der Waals surface area contributed by atoms with Gasteiger partial charge in [-0.2, -0.15) is 0 Å². The molecule has 3 aromatic rings. The van der Waals surface area contributed by atoms with Crippen molar-refractivity contribution in [2.45, 2.75) is 19.5 Å². The maximum Gasteiger partial charge on any atom is 0.178 e. The van der Waals surface area contributed by atoms with Crippen LogP contribution in [0.5, 0.6) is 0 Å². The summed E-state index contributed by atoms with van der Waals surface area (Å²) in [5.74, 6) is 0. The third-order valence-electron chi connectivity index (χ3n) is 2.98. The SMILES string of the molecule is S=c1[nH]c2cc(Cl)ccc2n1CCCn1ccnn1. The van der Waals surface area contributed by atoms with E-state index in [4.69, 9.17) is 23.8 Å². The lowest BCUT2D eigenvalue weighted by molar-refractivity contribution is 0.517. The van der Waals surface area contributed by atoms with E-state index in [9.17, 15) is 0 Å². The third kappa shape index (κ3) is 2.54. The lowest BCUT2D eigenvalue weighted by atomic mass is 10.3. The molecule has 0 aliphatic heterocycles. The number of hydrogen-bond acceptors (Lipinski definition) is 3. The quantitative estimate of drug-likeness (QED) is 0.752. The smallest absolute Gasteiger partial charge is 0.178 e. The van der Waals surface area contributed by atoms with E-state index in [0.29, 0.717) is 5.02 Å². The fraction of sp³-hybridized carbons (Fsp3) is 0.250. The number of halogens is 1. The normalized spacial score (nSPS) is 11.2.